The summed E-state index contributed by atoms with van der Waals surface area (Å²) in [6.07, 6.45) is 0. The Hall–Kier alpha value is -4.58. The van der Waals surface area contributed by atoms with Crippen molar-refractivity contribution < 1.29 is 28.7 Å². The molecule has 0 saturated carbocycles. The first-order valence-corrected chi connectivity index (χ1v) is 12.4. The molecule has 3 aromatic rings. The van der Waals surface area contributed by atoms with E-state index >= 15 is 0 Å². The SMILES string of the molecule is COc1ccc2c(c1)C(=O)N(C[C@@]1(c3cc4cc(/C(=N\O)N(C)CCN(C)C)ccc4o3)NC(=O)NC1=O)C2. The van der Waals surface area contributed by atoms with E-state index in [4.69, 9.17) is 9.15 Å². The fraction of sp³-hybridized carbons (Fsp3) is 0.333. The maximum absolute atomic E-state index is 13.2. The third-order valence-corrected chi connectivity index (χ3v) is 7.10. The lowest BCUT2D eigenvalue weighted by molar-refractivity contribution is -0.125. The number of methoxy groups -OCH3 is 1. The van der Waals surface area contributed by atoms with Gasteiger partial charge in [-0.25, -0.2) is 4.79 Å². The molecule has 12 heteroatoms. The average Bonchev–Trinajstić information content (AvgIpc) is 3.56. The van der Waals surface area contributed by atoms with Gasteiger partial charge in [0.2, 0.25) is 0 Å². The Bertz CT molecular complexity index is 1500. The minimum absolute atomic E-state index is 0.135. The van der Waals surface area contributed by atoms with E-state index < -0.39 is 17.5 Å². The van der Waals surface area contributed by atoms with Crippen LogP contribution in [0, 0.1) is 0 Å². The number of urea groups is 1. The highest BCUT2D eigenvalue weighted by Gasteiger charge is 2.53. The van der Waals surface area contributed by atoms with Gasteiger partial charge in [-0.15, -0.1) is 0 Å². The number of imide groups is 1. The van der Waals surface area contributed by atoms with Gasteiger partial charge in [0.25, 0.3) is 11.8 Å². The molecule has 2 aromatic carbocycles. The van der Waals surface area contributed by atoms with E-state index in [0.29, 0.717) is 40.2 Å². The number of carbonyl (C=O) groups is 3. The van der Waals surface area contributed by atoms with Crippen LogP contribution >= 0.6 is 0 Å². The fourth-order valence-corrected chi connectivity index (χ4v) is 4.94. The second-order valence-electron chi connectivity index (χ2n) is 10.0. The summed E-state index contributed by atoms with van der Waals surface area (Å²) in [5, 5.41) is 18.8. The zero-order chi connectivity index (χ0) is 27.9. The van der Waals surface area contributed by atoms with Gasteiger partial charge in [-0.1, -0.05) is 11.2 Å². The third kappa shape index (κ3) is 4.63. The maximum Gasteiger partial charge on any atom is 0.322 e. The number of furan rings is 1. The normalized spacial score (nSPS) is 19.1. The molecule has 4 amide bonds. The third-order valence-electron chi connectivity index (χ3n) is 7.10. The van der Waals surface area contributed by atoms with Gasteiger partial charge in [0.1, 0.15) is 17.1 Å². The monoisotopic (exact) mass is 534 g/mol. The number of hydrogen-bond donors (Lipinski definition) is 3. The molecular weight excluding hydrogens is 504 g/mol. The zero-order valence-electron chi connectivity index (χ0n) is 22.1. The molecule has 3 heterocycles. The van der Waals surface area contributed by atoms with Gasteiger partial charge in [0.05, 0.1) is 13.7 Å². The number of amides is 4. The maximum atomic E-state index is 13.2. The van der Waals surface area contributed by atoms with Gasteiger partial charge in [0.15, 0.2) is 11.4 Å². The van der Waals surface area contributed by atoms with Gasteiger partial charge in [0, 0.05) is 43.2 Å². The van der Waals surface area contributed by atoms with Crippen LogP contribution in [0.1, 0.15) is 27.2 Å². The molecule has 1 aromatic heterocycles. The Kier molecular flexibility index (Phi) is 6.64. The lowest BCUT2D eigenvalue weighted by atomic mass is 9.95. The summed E-state index contributed by atoms with van der Waals surface area (Å²) >= 11 is 0. The van der Waals surface area contributed by atoms with E-state index in [1.807, 2.05) is 37.0 Å². The highest BCUT2D eigenvalue weighted by molar-refractivity contribution is 6.08. The summed E-state index contributed by atoms with van der Waals surface area (Å²) in [5.41, 5.74) is 0.763. The van der Waals surface area contributed by atoms with E-state index in [1.165, 1.54) is 12.0 Å². The number of likely N-dealkylation sites (N-methyl/N-ethyl adjacent to an activating group) is 2. The van der Waals surface area contributed by atoms with E-state index in [1.54, 1.807) is 36.4 Å². The van der Waals surface area contributed by atoms with Crippen LogP contribution in [0.4, 0.5) is 4.79 Å². The number of hydrogen-bond acceptors (Lipinski definition) is 8. The number of rotatable bonds is 8. The summed E-state index contributed by atoms with van der Waals surface area (Å²) in [6, 6.07) is 11.5. The highest BCUT2D eigenvalue weighted by Crippen LogP contribution is 2.35. The quantitative estimate of drug-likeness (QED) is 0.131. The lowest BCUT2D eigenvalue weighted by Crippen LogP contribution is -2.52. The van der Waals surface area contributed by atoms with E-state index in [9.17, 15) is 19.6 Å². The Morgan fingerprint density at radius 2 is 1.92 bits per heavy atom. The van der Waals surface area contributed by atoms with Crippen LogP contribution in [0.25, 0.3) is 11.0 Å². The van der Waals surface area contributed by atoms with Gasteiger partial charge in [-0.2, -0.15) is 0 Å². The predicted octanol–water partition coefficient (Wildman–Crippen LogP) is 1.76. The van der Waals surface area contributed by atoms with Crippen LogP contribution in [0.15, 0.2) is 52.0 Å². The molecule has 0 aliphatic carbocycles. The minimum atomic E-state index is -1.63. The van der Waals surface area contributed by atoms with Crippen LogP contribution in [-0.4, -0.2) is 91.5 Å². The van der Waals surface area contributed by atoms with Crippen molar-refractivity contribution in [2.75, 3.05) is 47.9 Å². The second kappa shape index (κ2) is 9.95. The molecule has 1 saturated heterocycles. The largest absolute Gasteiger partial charge is 0.497 e. The molecular formula is C27H30N6O6. The molecule has 1 fully saturated rings. The molecule has 204 valence electrons. The molecule has 0 spiro atoms. The fourth-order valence-electron chi connectivity index (χ4n) is 4.94. The van der Waals surface area contributed by atoms with Crippen LogP contribution in [-0.2, 0) is 16.9 Å². The topological polar surface area (TPSA) is 140 Å². The lowest BCUT2D eigenvalue weighted by Gasteiger charge is -2.29. The van der Waals surface area contributed by atoms with Gasteiger partial charge in [-0.3, -0.25) is 14.9 Å². The van der Waals surface area contributed by atoms with Crippen molar-refractivity contribution in [3.05, 3.63) is 64.9 Å². The molecule has 1 atom stereocenters. The summed E-state index contributed by atoms with van der Waals surface area (Å²) in [6.45, 7) is 1.53. The standard InChI is InChI=1S/C27H30N6O6/c1-31(2)9-10-32(3)23(30-37)16-6-8-21-18(11-16)12-22(39-21)27(25(35)28-26(36)29-27)15-33-14-17-5-7-19(38-4)13-20(17)24(33)34/h5-8,11-13,37H,9-10,14-15H2,1-4H3,(H2,28,29,35,36)/b30-23+/t27-/m0/s1. The van der Waals surface area contributed by atoms with Crippen molar-refractivity contribution in [3.8, 4) is 5.75 Å². The number of nitrogens with zero attached hydrogens (tertiary/aromatic N) is 4. The molecule has 2 aliphatic rings. The zero-order valence-corrected chi connectivity index (χ0v) is 22.1. The predicted molar refractivity (Wildman–Crippen MR) is 142 cm³/mol. The first-order valence-electron chi connectivity index (χ1n) is 12.4. The van der Waals surface area contributed by atoms with Crippen LogP contribution in [0.2, 0.25) is 0 Å². The first-order chi connectivity index (χ1) is 18.6. The number of nitrogens with one attached hydrogen (secondary N) is 2. The number of fused-ring (bicyclic) bond motifs is 2. The Morgan fingerprint density at radius 1 is 1.13 bits per heavy atom. The summed E-state index contributed by atoms with van der Waals surface area (Å²) in [5.74, 6) is 0.216. The van der Waals surface area contributed by atoms with Crippen molar-refractivity contribution in [1.82, 2.24) is 25.3 Å². The minimum Gasteiger partial charge on any atom is -0.497 e. The molecule has 3 N–H and O–H groups in total. The van der Waals surface area contributed by atoms with Crippen molar-refractivity contribution in [2.45, 2.75) is 12.1 Å². The van der Waals surface area contributed by atoms with E-state index in [-0.39, 0.29) is 24.8 Å². The smallest absolute Gasteiger partial charge is 0.322 e. The van der Waals surface area contributed by atoms with Crippen LogP contribution < -0.4 is 15.4 Å². The van der Waals surface area contributed by atoms with Crippen molar-refractivity contribution in [3.63, 3.8) is 0 Å². The highest BCUT2D eigenvalue weighted by atomic mass is 16.5. The summed E-state index contributed by atoms with van der Waals surface area (Å²) in [4.78, 5) is 44.2. The van der Waals surface area contributed by atoms with Crippen molar-refractivity contribution in [2.24, 2.45) is 5.16 Å². The van der Waals surface area contributed by atoms with Crippen LogP contribution in [0.5, 0.6) is 5.75 Å². The number of amidine groups is 1. The molecule has 0 bridgehead atoms. The number of ether oxygens (including phenoxy) is 1. The molecule has 5 rings (SSSR count). The second-order valence-corrected chi connectivity index (χ2v) is 10.0. The average molecular weight is 535 g/mol. The number of oxime groups is 1. The molecule has 0 radical (unpaired) electrons. The first kappa shape index (κ1) is 26.0. The number of carbonyl (C=O) groups excluding carboxylic acids is 3. The molecule has 12 nitrogen and oxygen atoms in total. The van der Waals surface area contributed by atoms with Gasteiger partial charge >= 0.3 is 6.03 Å². The van der Waals surface area contributed by atoms with E-state index in [0.717, 1.165) is 12.1 Å². The van der Waals surface area contributed by atoms with Gasteiger partial charge < -0.3 is 34.4 Å². The molecule has 39 heavy (non-hydrogen) atoms. The Balaban J connectivity index is 1.47. The van der Waals surface area contributed by atoms with Gasteiger partial charge in [-0.05, 0) is 56.1 Å². The van der Waals surface area contributed by atoms with E-state index in [2.05, 4.69) is 15.8 Å². The summed E-state index contributed by atoms with van der Waals surface area (Å²) < 4.78 is 11.3. The summed E-state index contributed by atoms with van der Waals surface area (Å²) in [7, 11) is 7.28. The molecule has 0 unspecified atom stereocenters. The van der Waals surface area contributed by atoms with Crippen LogP contribution in [0.3, 0.4) is 0 Å². The number of benzene rings is 2. The Labute approximate surface area is 224 Å². The van der Waals surface area contributed by atoms with Crippen molar-refractivity contribution >= 4 is 34.7 Å². The Morgan fingerprint density at radius 3 is 2.59 bits per heavy atom. The molecule has 2 aliphatic heterocycles. The van der Waals surface area contributed by atoms with Crippen molar-refractivity contribution in [1.29, 1.82) is 0 Å².